The molecule has 0 unspecified atom stereocenters. The highest BCUT2D eigenvalue weighted by Gasteiger charge is 2.41. The molecule has 1 aromatic carbocycles. The first-order valence-electron chi connectivity index (χ1n) is 6.94. The van der Waals surface area contributed by atoms with E-state index in [2.05, 4.69) is 5.32 Å². The second-order valence-electron chi connectivity index (χ2n) is 5.25. The minimum atomic E-state index is -1.17. The SMILES string of the molecule is Cc1cc(OCC(=O)NC2(C(=O)O)CCSCC2)ccc1Cl. The average Bonchev–Trinajstić information content (AvgIpc) is 2.49. The van der Waals surface area contributed by atoms with Crippen LogP contribution in [-0.2, 0) is 9.59 Å². The third-order valence-corrected chi connectivity index (χ3v) is 5.04. The van der Waals surface area contributed by atoms with Crippen molar-refractivity contribution in [3.63, 3.8) is 0 Å². The smallest absolute Gasteiger partial charge is 0.329 e. The number of aryl methyl sites for hydroxylation is 1. The molecule has 5 nitrogen and oxygen atoms in total. The van der Waals surface area contributed by atoms with Crippen LogP contribution in [0, 0.1) is 6.92 Å². The number of carboxylic acid groups (broad SMARTS) is 1. The molecule has 1 aromatic rings. The van der Waals surface area contributed by atoms with Gasteiger partial charge in [0.15, 0.2) is 6.61 Å². The molecule has 0 spiro atoms. The molecule has 1 amide bonds. The van der Waals surface area contributed by atoms with Gasteiger partial charge in [-0.05, 0) is 55.0 Å². The number of hydrogen-bond acceptors (Lipinski definition) is 4. The Balaban J connectivity index is 1.94. The number of carboxylic acids is 1. The number of thioether (sulfide) groups is 1. The summed E-state index contributed by atoms with van der Waals surface area (Å²) in [6.45, 7) is 1.62. The van der Waals surface area contributed by atoms with Gasteiger partial charge in [0.25, 0.3) is 5.91 Å². The highest BCUT2D eigenvalue weighted by molar-refractivity contribution is 7.99. The number of carbonyl (C=O) groups is 2. The maximum Gasteiger partial charge on any atom is 0.329 e. The average molecular weight is 344 g/mol. The summed E-state index contributed by atoms with van der Waals surface area (Å²) in [5.41, 5.74) is -0.312. The fourth-order valence-corrected chi connectivity index (χ4v) is 3.58. The molecule has 2 N–H and O–H groups in total. The molecule has 0 bridgehead atoms. The van der Waals surface area contributed by atoms with Crippen LogP contribution >= 0.6 is 23.4 Å². The van der Waals surface area contributed by atoms with Crippen molar-refractivity contribution in [1.29, 1.82) is 0 Å². The molecule has 2 rings (SSSR count). The van der Waals surface area contributed by atoms with Crippen molar-refractivity contribution in [2.75, 3.05) is 18.1 Å². The van der Waals surface area contributed by atoms with Crippen LogP contribution in [0.25, 0.3) is 0 Å². The Morgan fingerprint density at radius 3 is 2.68 bits per heavy atom. The number of halogens is 1. The van der Waals surface area contributed by atoms with E-state index in [-0.39, 0.29) is 6.61 Å². The fourth-order valence-electron chi connectivity index (χ4n) is 2.27. The molecule has 1 saturated heterocycles. The van der Waals surface area contributed by atoms with E-state index in [0.29, 0.717) is 23.6 Å². The van der Waals surface area contributed by atoms with E-state index in [9.17, 15) is 14.7 Å². The third-order valence-electron chi connectivity index (χ3n) is 3.63. The number of aliphatic carboxylic acids is 1. The molecule has 0 saturated carbocycles. The second kappa shape index (κ2) is 7.24. The molecule has 1 aliphatic rings. The zero-order chi connectivity index (χ0) is 16.2. The van der Waals surface area contributed by atoms with Gasteiger partial charge in [-0.15, -0.1) is 0 Å². The Kier molecular flexibility index (Phi) is 5.58. The van der Waals surface area contributed by atoms with Gasteiger partial charge in [-0.3, -0.25) is 4.79 Å². The first-order chi connectivity index (χ1) is 10.4. The first-order valence-corrected chi connectivity index (χ1v) is 8.47. The second-order valence-corrected chi connectivity index (χ2v) is 6.88. The Bertz CT molecular complexity index is 573. The van der Waals surface area contributed by atoms with E-state index in [4.69, 9.17) is 16.3 Å². The molecule has 0 aliphatic carbocycles. The van der Waals surface area contributed by atoms with Gasteiger partial charge in [0.05, 0.1) is 0 Å². The Morgan fingerprint density at radius 2 is 2.09 bits per heavy atom. The van der Waals surface area contributed by atoms with Crippen LogP contribution in [0.2, 0.25) is 5.02 Å². The fraction of sp³-hybridized carbons (Fsp3) is 0.467. The van der Waals surface area contributed by atoms with Crippen LogP contribution in [0.4, 0.5) is 0 Å². The predicted molar refractivity (Wildman–Crippen MR) is 86.8 cm³/mol. The van der Waals surface area contributed by atoms with Gasteiger partial charge in [-0.25, -0.2) is 4.79 Å². The molecule has 1 aliphatic heterocycles. The minimum Gasteiger partial charge on any atom is -0.484 e. The predicted octanol–water partition coefficient (Wildman–Crippen LogP) is 2.49. The molecule has 7 heteroatoms. The maximum absolute atomic E-state index is 12.0. The van der Waals surface area contributed by atoms with E-state index in [0.717, 1.165) is 17.1 Å². The van der Waals surface area contributed by atoms with Crippen molar-refractivity contribution in [3.8, 4) is 5.75 Å². The minimum absolute atomic E-state index is 0.219. The van der Waals surface area contributed by atoms with Crippen LogP contribution in [0.5, 0.6) is 5.75 Å². The highest BCUT2D eigenvalue weighted by Crippen LogP contribution is 2.27. The Morgan fingerprint density at radius 1 is 1.41 bits per heavy atom. The van der Waals surface area contributed by atoms with Crippen molar-refractivity contribution in [2.24, 2.45) is 0 Å². The van der Waals surface area contributed by atoms with E-state index < -0.39 is 17.4 Å². The lowest BCUT2D eigenvalue weighted by Crippen LogP contribution is -2.57. The standard InChI is InChI=1S/C15H18ClNO4S/c1-10-8-11(2-3-12(10)16)21-9-13(18)17-15(14(19)20)4-6-22-7-5-15/h2-3,8H,4-7,9H2,1H3,(H,17,18)(H,19,20). The lowest BCUT2D eigenvalue weighted by Gasteiger charge is -2.33. The van der Waals surface area contributed by atoms with Gasteiger partial charge in [-0.1, -0.05) is 11.6 Å². The summed E-state index contributed by atoms with van der Waals surface area (Å²) in [6, 6.07) is 5.11. The van der Waals surface area contributed by atoms with Crippen LogP contribution in [0.1, 0.15) is 18.4 Å². The van der Waals surface area contributed by atoms with Gasteiger partial charge < -0.3 is 15.2 Å². The van der Waals surface area contributed by atoms with Gasteiger partial charge in [0, 0.05) is 5.02 Å². The van der Waals surface area contributed by atoms with Crippen molar-refractivity contribution in [2.45, 2.75) is 25.3 Å². The van der Waals surface area contributed by atoms with Crippen molar-refractivity contribution < 1.29 is 19.4 Å². The van der Waals surface area contributed by atoms with Crippen LogP contribution in [-0.4, -0.2) is 40.6 Å². The van der Waals surface area contributed by atoms with Crippen LogP contribution in [0.3, 0.4) is 0 Å². The highest BCUT2D eigenvalue weighted by atomic mass is 35.5. The maximum atomic E-state index is 12.0. The van der Waals surface area contributed by atoms with Crippen LogP contribution in [0.15, 0.2) is 18.2 Å². The largest absolute Gasteiger partial charge is 0.484 e. The summed E-state index contributed by atoms with van der Waals surface area (Å²) in [7, 11) is 0. The number of benzene rings is 1. The summed E-state index contributed by atoms with van der Waals surface area (Å²) in [5, 5.41) is 12.7. The van der Waals surface area contributed by atoms with Crippen molar-refractivity contribution in [3.05, 3.63) is 28.8 Å². The number of ether oxygens (including phenoxy) is 1. The molecule has 0 radical (unpaired) electrons. The summed E-state index contributed by atoms with van der Waals surface area (Å²) < 4.78 is 5.40. The first kappa shape index (κ1) is 17.0. The molecule has 1 heterocycles. The molecular formula is C15H18ClNO4S. The molecular weight excluding hydrogens is 326 g/mol. The Labute approximate surface area is 138 Å². The molecule has 120 valence electrons. The summed E-state index contributed by atoms with van der Waals surface area (Å²) >= 11 is 7.62. The Hall–Kier alpha value is -1.40. The quantitative estimate of drug-likeness (QED) is 0.859. The zero-order valence-corrected chi connectivity index (χ0v) is 13.8. The molecule has 22 heavy (non-hydrogen) atoms. The molecule has 1 fully saturated rings. The van der Waals surface area contributed by atoms with Gasteiger partial charge >= 0.3 is 5.97 Å². The lowest BCUT2D eigenvalue weighted by atomic mass is 9.92. The number of carbonyl (C=O) groups excluding carboxylic acids is 1. The number of amides is 1. The summed E-state index contributed by atoms with van der Waals surface area (Å²) in [4.78, 5) is 23.5. The number of rotatable bonds is 5. The normalized spacial score (nSPS) is 16.8. The summed E-state index contributed by atoms with van der Waals surface area (Å²) in [5.74, 6) is 0.569. The lowest BCUT2D eigenvalue weighted by molar-refractivity contribution is -0.148. The number of nitrogens with one attached hydrogen (secondary N) is 1. The van der Waals surface area contributed by atoms with Crippen LogP contribution < -0.4 is 10.1 Å². The van der Waals surface area contributed by atoms with E-state index in [1.807, 2.05) is 6.92 Å². The van der Waals surface area contributed by atoms with Gasteiger partial charge in [-0.2, -0.15) is 11.8 Å². The third kappa shape index (κ3) is 4.08. The number of hydrogen-bond donors (Lipinski definition) is 2. The monoisotopic (exact) mass is 343 g/mol. The van der Waals surface area contributed by atoms with Crippen molar-refractivity contribution >= 4 is 35.2 Å². The summed E-state index contributed by atoms with van der Waals surface area (Å²) in [6.07, 6.45) is 0.859. The topological polar surface area (TPSA) is 75.6 Å². The van der Waals surface area contributed by atoms with E-state index in [1.165, 1.54) is 0 Å². The van der Waals surface area contributed by atoms with Gasteiger partial charge in [0.2, 0.25) is 0 Å². The van der Waals surface area contributed by atoms with E-state index in [1.54, 1.807) is 30.0 Å². The molecule has 0 atom stereocenters. The zero-order valence-electron chi connectivity index (χ0n) is 12.2. The van der Waals surface area contributed by atoms with E-state index >= 15 is 0 Å². The molecule has 0 aromatic heterocycles. The van der Waals surface area contributed by atoms with Gasteiger partial charge in [0.1, 0.15) is 11.3 Å². The van der Waals surface area contributed by atoms with Crippen molar-refractivity contribution in [1.82, 2.24) is 5.32 Å².